The van der Waals surface area contributed by atoms with Crippen LogP contribution >= 0.6 is 0 Å². The Hall–Kier alpha value is -0.550. The lowest BCUT2D eigenvalue weighted by Gasteiger charge is -2.35. The first-order valence-corrected chi connectivity index (χ1v) is 3.24. The van der Waals surface area contributed by atoms with E-state index in [1.54, 1.807) is 0 Å². The third-order valence-electron chi connectivity index (χ3n) is 1.98. The van der Waals surface area contributed by atoms with Crippen molar-refractivity contribution in [2.45, 2.75) is 13.3 Å². The highest BCUT2D eigenvalue weighted by atomic mass is 16.5. The molecule has 0 aromatic rings. The van der Waals surface area contributed by atoms with Crippen LogP contribution in [0.4, 0.5) is 0 Å². The second-order valence-electron chi connectivity index (χ2n) is 2.66. The van der Waals surface area contributed by atoms with Crippen LogP contribution in [0.25, 0.3) is 4.85 Å². The average molecular weight is 125 g/mol. The summed E-state index contributed by atoms with van der Waals surface area (Å²) in [4.78, 5) is 3.37. The van der Waals surface area contributed by atoms with Gasteiger partial charge in [0.25, 0.3) is 0 Å². The number of hydrogen-bond donors (Lipinski definition) is 0. The average Bonchev–Trinajstić information content (AvgIpc) is 1.79. The smallest absolute Gasteiger partial charge is 0.224 e. The minimum atomic E-state index is 0.238. The van der Waals surface area contributed by atoms with Gasteiger partial charge in [-0.05, 0) is 6.42 Å². The molecule has 50 valence electrons. The van der Waals surface area contributed by atoms with Crippen molar-refractivity contribution < 1.29 is 4.74 Å². The molecule has 1 aliphatic rings. The fourth-order valence-electron chi connectivity index (χ4n) is 0.966. The summed E-state index contributed by atoms with van der Waals surface area (Å²) in [6, 6.07) is 0. The maximum atomic E-state index is 6.67. The summed E-state index contributed by atoms with van der Waals surface area (Å²) >= 11 is 0. The van der Waals surface area contributed by atoms with Gasteiger partial charge >= 0.3 is 0 Å². The Balaban J connectivity index is 2.39. The molecule has 2 nitrogen and oxygen atoms in total. The molecule has 1 heterocycles. The van der Waals surface area contributed by atoms with Gasteiger partial charge in [-0.25, -0.2) is 6.57 Å². The Morgan fingerprint density at radius 1 is 1.67 bits per heavy atom. The zero-order chi connectivity index (χ0) is 6.74. The molecule has 0 aromatic carbocycles. The van der Waals surface area contributed by atoms with Crippen molar-refractivity contribution in [2.24, 2.45) is 5.41 Å². The van der Waals surface area contributed by atoms with E-state index in [4.69, 9.17) is 11.3 Å². The number of ether oxygens (including phenoxy) is 1. The number of rotatable bonds is 2. The summed E-state index contributed by atoms with van der Waals surface area (Å²) in [7, 11) is 0. The molecule has 2 heteroatoms. The Kier molecular flexibility index (Phi) is 1.73. The van der Waals surface area contributed by atoms with Crippen molar-refractivity contribution in [1.82, 2.24) is 0 Å². The molecule has 9 heavy (non-hydrogen) atoms. The molecule has 1 aliphatic heterocycles. The topological polar surface area (TPSA) is 13.6 Å². The fraction of sp³-hybridized carbons (Fsp3) is 0.857. The molecular formula is C7H11NO. The summed E-state index contributed by atoms with van der Waals surface area (Å²) < 4.78 is 5.04. The molecule has 1 rings (SSSR count). The van der Waals surface area contributed by atoms with E-state index >= 15 is 0 Å². The van der Waals surface area contributed by atoms with Gasteiger partial charge < -0.3 is 9.58 Å². The molecule has 0 bridgehead atoms. The second kappa shape index (κ2) is 2.36. The molecule has 0 unspecified atom stereocenters. The van der Waals surface area contributed by atoms with Crippen molar-refractivity contribution in [3.05, 3.63) is 11.4 Å². The highest BCUT2D eigenvalue weighted by molar-refractivity contribution is 4.90. The number of hydrogen-bond acceptors (Lipinski definition) is 1. The Morgan fingerprint density at radius 2 is 2.33 bits per heavy atom. The first-order valence-electron chi connectivity index (χ1n) is 3.24. The highest BCUT2D eigenvalue weighted by Crippen LogP contribution is 2.31. The molecular weight excluding hydrogens is 114 g/mol. The van der Waals surface area contributed by atoms with E-state index < -0.39 is 0 Å². The lowest BCUT2D eigenvalue weighted by molar-refractivity contribution is -0.104. The van der Waals surface area contributed by atoms with E-state index in [0.717, 1.165) is 19.6 Å². The fourth-order valence-corrected chi connectivity index (χ4v) is 0.966. The largest absolute Gasteiger partial charge is 0.380 e. The van der Waals surface area contributed by atoms with Gasteiger partial charge in [-0.2, -0.15) is 0 Å². The van der Waals surface area contributed by atoms with Crippen molar-refractivity contribution in [3.8, 4) is 0 Å². The van der Waals surface area contributed by atoms with E-state index in [-0.39, 0.29) is 5.41 Å². The Labute approximate surface area is 55.6 Å². The minimum Gasteiger partial charge on any atom is -0.380 e. The Bertz CT molecular complexity index is 127. The predicted molar refractivity (Wildman–Crippen MR) is 35.0 cm³/mol. The summed E-state index contributed by atoms with van der Waals surface area (Å²) in [5.41, 5.74) is 0.238. The third-order valence-corrected chi connectivity index (χ3v) is 1.98. The third kappa shape index (κ3) is 1.06. The molecule has 0 N–H and O–H groups in total. The van der Waals surface area contributed by atoms with E-state index in [9.17, 15) is 0 Å². The molecule has 0 spiro atoms. The molecule has 0 saturated carbocycles. The summed E-state index contributed by atoms with van der Waals surface area (Å²) in [5.74, 6) is 0. The van der Waals surface area contributed by atoms with Gasteiger partial charge in [0.05, 0.1) is 18.6 Å². The van der Waals surface area contributed by atoms with Crippen LogP contribution in [0, 0.1) is 12.0 Å². The van der Waals surface area contributed by atoms with Crippen LogP contribution in [0.5, 0.6) is 0 Å². The van der Waals surface area contributed by atoms with Crippen LogP contribution < -0.4 is 0 Å². The molecule has 0 aromatic heterocycles. The predicted octanol–water partition coefficient (Wildman–Crippen LogP) is 1.33. The second-order valence-corrected chi connectivity index (χ2v) is 2.66. The normalized spacial score (nSPS) is 22.2. The highest BCUT2D eigenvalue weighted by Gasteiger charge is 2.39. The van der Waals surface area contributed by atoms with Gasteiger partial charge in [-0.15, -0.1) is 0 Å². The van der Waals surface area contributed by atoms with Gasteiger partial charge in [-0.3, -0.25) is 0 Å². The van der Waals surface area contributed by atoms with Gasteiger partial charge in [0, 0.05) is 0 Å². The van der Waals surface area contributed by atoms with Gasteiger partial charge in [-0.1, -0.05) is 6.92 Å². The first kappa shape index (κ1) is 6.57. The van der Waals surface area contributed by atoms with Crippen LogP contribution in [0.3, 0.4) is 0 Å². The standard InChI is InChI=1S/C7H11NO/c1-3-7(4-8-2)5-9-6-7/h3-6H2,1H3. The monoisotopic (exact) mass is 125 g/mol. The van der Waals surface area contributed by atoms with E-state index in [2.05, 4.69) is 11.8 Å². The zero-order valence-corrected chi connectivity index (χ0v) is 5.68. The van der Waals surface area contributed by atoms with E-state index in [1.165, 1.54) is 0 Å². The molecule has 0 amide bonds. The van der Waals surface area contributed by atoms with Gasteiger partial charge in [0.2, 0.25) is 6.54 Å². The lowest BCUT2D eigenvalue weighted by Crippen LogP contribution is -2.44. The van der Waals surface area contributed by atoms with E-state index in [0.29, 0.717) is 6.54 Å². The maximum absolute atomic E-state index is 6.67. The maximum Gasteiger partial charge on any atom is 0.224 e. The Morgan fingerprint density at radius 3 is 2.44 bits per heavy atom. The quantitative estimate of drug-likeness (QED) is 0.508. The van der Waals surface area contributed by atoms with Crippen LogP contribution in [0.15, 0.2) is 0 Å². The van der Waals surface area contributed by atoms with Crippen LogP contribution in [0.1, 0.15) is 13.3 Å². The van der Waals surface area contributed by atoms with Crippen molar-refractivity contribution >= 4 is 0 Å². The van der Waals surface area contributed by atoms with Gasteiger partial charge in [0.15, 0.2) is 0 Å². The van der Waals surface area contributed by atoms with E-state index in [1.807, 2.05) is 0 Å². The summed E-state index contributed by atoms with van der Waals surface area (Å²) in [6.45, 7) is 11.0. The van der Waals surface area contributed by atoms with Crippen LogP contribution in [0.2, 0.25) is 0 Å². The number of nitrogens with zero attached hydrogens (tertiary/aromatic N) is 1. The zero-order valence-electron chi connectivity index (χ0n) is 5.68. The first-order chi connectivity index (χ1) is 4.33. The van der Waals surface area contributed by atoms with Crippen molar-refractivity contribution in [2.75, 3.05) is 19.8 Å². The van der Waals surface area contributed by atoms with Crippen molar-refractivity contribution in [1.29, 1.82) is 0 Å². The SMILES string of the molecule is [C-]#[N+]CC1(CC)COC1. The summed E-state index contributed by atoms with van der Waals surface area (Å²) in [6.07, 6.45) is 1.08. The van der Waals surface area contributed by atoms with Crippen LogP contribution in [-0.4, -0.2) is 19.8 Å². The van der Waals surface area contributed by atoms with Gasteiger partial charge in [0.1, 0.15) is 0 Å². The lowest BCUT2D eigenvalue weighted by atomic mass is 9.83. The summed E-state index contributed by atoms with van der Waals surface area (Å²) in [5, 5.41) is 0. The molecule has 0 atom stereocenters. The molecule has 1 saturated heterocycles. The molecule has 0 aliphatic carbocycles. The minimum absolute atomic E-state index is 0.238. The molecule has 0 radical (unpaired) electrons. The molecule has 1 fully saturated rings. The van der Waals surface area contributed by atoms with Crippen molar-refractivity contribution in [3.63, 3.8) is 0 Å². The van der Waals surface area contributed by atoms with Crippen LogP contribution in [-0.2, 0) is 4.74 Å².